The predicted molar refractivity (Wildman–Crippen MR) is 65.3 cm³/mol. The predicted octanol–water partition coefficient (Wildman–Crippen LogP) is 5.23. The Morgan fingerprint density at radius 2 is 1.04 bits per heavy atom. The Labute approximate surface area is 148 Å². The van der Waals surface area contributed by atoms with Crippen molar-refractivity contribution in [2.45, 2.75) is 49.6 Å². The summed E-state index contributed by atoms with van der Waals surface area (Å²) in [6.45, 7) is 0. The lowest BCUT2D eigenvalue weighted by Crippen LogP contribution is -2.55. The van der Waals surface area contributed by atoms with Gasteiger partial charge in [-0.05, 0) is 12.8 Å². The molecule has 0 rings (SSSR count). The summed E-state index contributed by atoms with van der Waals surface area (Å²) in [4.78, 5) is 0. The van der Waals surface area contributed by atoms with E-state index in [9.17, 15) is 65.5 Å². The Balaban J connectivity index is 5.97. The zero-order valence-electron chi connectivity index (χ0n) is 13.1. The smallest absolute Gasteiger partial charge is 0.286 e. The molecule has 0 saturated heterocycles. The average Bonchev–Trinajstić information content (AvgIpc) is 2.35. The molecular weight excluding hydrogens is 459 g/mol. The summed E-state index contributed by atoms with van der Waals surface area (Å²) in [6, 6.07) is 0. The van der Waals surface area contributed by atoms with E-state index in [1.807, 2.05) is 0 Å². The van der Waals surface area contributed by atoms with Gasteiger partial charge in [0.25, 0.3) is 15.8 Å². The van der Waals surface area contributed by atoms with Gasteiger partial charge in [0.05, 0.1) is 17.6 Å². The van der Waals surface area contributed by atoms with Crippen LogP contribution in [0.3, 0.4) is 0 Å². The summed E-state index contributed by atoms with van der Waals surface area (Å²) in [5.74, 6) is -9.23. The third-order valence-electron chi connectivity index (χ3n) is 3.65. The van der Waals surface area contributed by atoms with E-state index < -0.39 is 77.3 Å². The van der Waals surface area contributed by atoms with Crippen molar-refractivity contribution in [2.75, 3.05) is 5.75 Å². The lowest BCUT2D eigenvalue weighted by molar-refractivity contribution is -0.353. The highest BCUT2D eigenvalue weighted by atomic mass is 32.2. The normalized spacial score (nSPS) is 17.5. The molecule has 3 nitrogen and oxygen atoms in total. The van der Waals surface area contributed by atoms with Gasteiger partial charge in [-0.15, -0.1) is 0 Å². The molecular formula is C11H11F13O3S. The maximum atomic E-state index is 13.5. The van der Waals surface area contributed by atoms with Crippen LogP contribution in [0.15, 0.2) is 0 Å². The molecule has 1 N–H and O–H groups in total. The molecule has 0 heterocycles. The molecule has 2 atom stereocenters. The first-order chi connectivity index (χ1) is 11.9. The van der Waals surface area contributed by atoms with E-state index in [1.165, 1.54) is 0 Å². The Kier molecular flexibility index (Phi) is 7.74. The van der Waals surface area contributed by atoms with E-state index >= 15 is 0 Å². The molecule has 0 spiro atoms. The van der Waals surface area contributed by atoms with Crippen LogP contribution in [-0.4, -0.2) is 49.1 Å². The van der Waals surface area contributed by atoms with Crippen LogP contribution in [-0.2, 0) is 10.1 Å². The van der Waals surface area contributed by atoms with Crippen LogP contribution in [0.4, 0.5) is 57.1 Å². The quantitative estimate of drug-likeness (QED) is 0.410. The zero-order chi connectivity index (χ0) is 23.0. The third-order valence-corrected chi connectivity index (χ3v) is 4.40. The highest BCUT2D eigenvalue weighted by molar-refractivity contribution is 7.85. The van der Waals surface area contributed by atoms with Crippen LogP contribution < -0.4 is 0 Å². The van der Waals surface area contributed by atoms with Gasteiger partial charge < -0.3 is 0 Å². The first-order valence-corrected chi connectivity index (χ1v) is 8.43. The molecule has 28 heavy (non-hydrogen) atoms. The highest BCUT2D eigenvalue weighted by Gasteiger charge is 2.74. The first kappa shape index (κ1) is 27.0. The molecule has 0 amide bonds. The molecule has 0 aromatic carbocycles. The first-order valence-electron chi connectivity index (χ1n) is 6.83. The minimum absolute atomic E-state index is 1.78. The Bertz CT molecular complexity index is 600. The number of alkyl halides is 13. The number of hydrogen-bond donors (Lipinski definition) is 1. The van der Waals surface area contributed by atoms with E-state index in [0.29, 0.717) is 0 Å². The highest BCUT2D eigenvalue weighted by Crippen LogP contribution is 2.53. The Morgan fingerprint density at radius 1 is 0.679 bits per heavy atom. The van der Waals surface area contributed by atoms with Crippen molar-refractivity contribution in [3.05, 3.63) is 0 Å². The zero-order valence-corrected chi connectivity index (χ0v) is 13.9. The molecule has 0 fully saturated rings. The van der Waals surface area contributed by atoms with E-state index in [2.05, 4.69) is 0 Å². The van der Waals surface area contributed by atoms with Gasteiger partial charge in [-0.1, -0.05) is 0 Å². The van der Waals surface area contributed by atoms with E-state index in [-0.39, 0.29) is 0 Å². The van der Waals surface area contributed by atoms with Crippen LogP contribution in [0, 0.1) is 11.8 Å². The second-order valence-corrected chi connectivity index (χ2v) is 7.36. The van der Waals surface area contributed by atoms with Crippen molar-refractivity contribution < 1.29 is 70.0 Å². The van der Waals surface area contributed by atoms with E-state index in [1.54, 1.807) is 0 Å². The summed E-state index contributed by atoms with van der Waals surface area (Å²) < 4.78 is 194. The fraction of sp³-hybridized carbons (Fsp3) is 1.00. The molecule has 0 aliphatic heterocycles. The number of hydrogen-bond acceptors (Lipinski definition) is 2. The minimum Gasteiger partial charge on any atom is -0.286 e. The molecule has 0 aliphatic rings. The minimum atomic E-state index is -6.92. The van der Waals surface area contributed by atoms with Crippen molar-refractivity contribution in [3.63, 3.8) is 0 Å². The van der Waals surface area contributed by atoms with Crippen molar-refractivity contribution >= 4 is 10.1 Å². The van der Waals surface area contributed by atoms with Crippen LogP contribution in [0.1, 0.15) is 19.3 Å². The summed E-state index contributed by atoms with van der Waals surface area (Å²) in [6.07, 6.45) is -33.4. The average molecular weight is 470 g/mol. The molecule has 0 bridgehead atoms. The van der Waals surface area contributed by atoms with Crippen molar-refractivity contribution in [1.29, 1.82) is 0 Å². The molecule has 170 valence electrons. The lowest BCUT2D eigenvalue weighted by Gasteiger charge is -2.35. The molecule has 0 aromatic rings. The van der Waals surface area contributed by atoms with Crippen LogP contribution in [0.5, 0.6) is 0 Å². The second-order valence-electron chi connectivity index (χ2n) is 5.79. The largest absolute Gasteiger partial charge is 0.431 e. The summed E-state index contributed by atoms with van der Waals surface area (Å²) >= 11 is 0. The van der Waals surface area contributed by atoms with Gasteiger partial charge in [0.1, 0.15) is 0 Å². The summed E-state index contributed by atoms with van der Waals surface area (Å²) in [5, 5.41) is 0. The van der Waals surface area contributed by atoms with Gasteiger partial charge in [0.15, 0.2) is 0 Å². The maximum Gasteiger partial charge on any atom is 0.431 e. The van der Waals surface area contributed by atoms with Gasteiger partial charge in [-0.3, -0.25) is 4.55 Å². The molecule has 17 heteroatoms. The maximum absolute atomic E-state index is 13.5. The monoisotopic (exact) mass is 470 g/mol. The summed E-state index contributed by atoms with van der Waals surface area (Å²) in [5.41, 5.74) is -6.46. The van der Waals surface area contributed by atoms with Gasteiger partial charge >= 0.3 is 24.7 Å². The van der Waals surface area contributed by atoms with Crippen molar-refractivity contribution in [1.82, 2.24) is 0 Å². The van der Waals surface area contributed by atoms with Crippen molar-refractivity contribution in [2.24, 2.45) is 11.8 Å². The topological polar surface area (TPSA) is 54.4 Å². The SMILES string of the molecule is O=S(=O)(O)CCC(CC(CC(F)(C(F)(F)F)C(F)(F)F)C(F)(F)F)C(F)(F)F. The van der Waals surface area contributed by atoms with E-state index in [4.69, 9.17) is 4.55 Å². The fourth-order valence-corrected chi connectivity index (χ4v) is 2.70. The number of rotatable bonds is 7. The van der Waals surface area contributed by atoms with E-state index in [0.717, 1.165) is 0 Å². The van der Waals surface area contributed by atoms with Gasteiger partial charge in [-0.25, -0.2) is 4.39 Å². The van der Waals surface area contributed by atoms with Gasteiger partial charge in [0, 0.05) is 6.42 Å². The molecule has 0 aliphatic carbocycles. The van der Waals surface area contributed by atoms with Crippen LogP contribution >= 0.6 is 0 Å². The summed E-state index contributed by atoms with van der Waals surface area (Å²) in [7, 11) is -5.15. The molecule has 0 aromatic heterocycles. The Hall–Kier alpha value is -1.00. The van der Waals surface area contributed by atoms with Crippen LogP contribution in [0.2, 0.25) is 0 Å². The second kappa shape index (κ2) is 8.02. The molecule has 0 saturated carbocycles. The van der Waals surface area contributed by atoms with Gasteiger partial charge in [0.2, 0.25) is 0 Å². The van der Waals surface area contributed by atoms with Crippen molar-refractivity contribution in [3.8, 4) is 0 Å². The molecule has 0 radical (unpaired) electrons. The number of halogens is 13. The van der Waals surface area contributed by atoms with Crippen LogP contribution in [0.25, 0.3) is 0 Å². The lowest BCUT2D eigenvalue weighted by atomic mass is 9.83. The third kappa shape index (κ3) is 7.44. The fourth-order valence-electron chi connectivity index (χ4n) is 2.11. The standard InChI is InChI=1S/C11H11F13O3S/c12-7(10(19,20)21,11(22,23)24)4-6(9(16,17)18)3-5(8(13,14)15)1-2-28(25,26)27/h5-6H,1-4H2,(H,25,26,27). The Morgan fingerprint density at radius 3 is 1.29 bits per heavy atom. The van der Waals surface area contributed by atoms with Gasteiger partial charge in [-0.2, -0.15) is 61.1 Å². The molecule has 2 unspecified atom stereocenters.